The van der Waals surface area contributed by atoms with Gasteiger partial charge in [-0.25, -0.2) is 4.98 Å². The number of hydrogen-bond acceptors (Lipinski definition) is 6. The lowest BCUT2D eigenvalue weighted by Crippen LogP contribution is -2.35. The Bertz CT molecular complexity index is 736. The molecule has 8 nitrogen and oxygen atoms in total. The number of amides is 1. The van der Waals surface area contributed by atoms with Crippen molar-refractivity contribution < 1.29 is 9.72 Å². The Morgan fingerprint density at radius 2 is 1.96 bits per heavy atom. The highest BCUT2D eigenvalue weighted by atomic mass is 16.6. The average molecular weight is 329 g/mol. The average Bonchev–Trinajstić information content (AvgIpc) is 2.59. The minimum atomic E-state index is -0.625. The van der Waals surface area contributed by atoms with Crippen LogP contribution in [0.3, 0.4) is 0 Å². The zero-order valence-corrected chi connectivity index (χ0v) is 13.5. The number of nitrogens with two attached hydrogens (primary N) is 1. The fraction of sp³-hybridized carbons (Fsp3) is 0.312. The largest absolute Gasteiger partial charge is 0.378 e. The van der Waals surface area contributed by atoms with Crippen molar-refractivity contribution in [2.75, 3.05) is 12.3 Å². The van der Waals surface area contributed by atoms with E-state index >= 15 is 0 Å². The minimum absolute atomic E-state index is 0.0902. The Balaban J connectivity index is 2.34. The van der Waals surface area contributed by atoms with E-state index in [-0.39, 0.29) is 29.1 Å². The number of hydrogen-bond donors (Lipinski definition) is 1. The number of anilines is 1. The number of nitrogen functional groups attached to an aromatic ring is 1. The number of pyridine rings is 2. The number of carbonyl (C=O) groups is 1. The van der Waals surface area contributed by atoms with Crippen molar-refractivity contribution >= 4 is 17.4 Å². The number of aromatic nitrogens is 2. The molecule has 0 aliphatic rings. The molecule has 0 aliphatic heterocycles. The molecule has 24 heavy (non-hydrogen) atoms. The molecule has 0 fully saturated rings. The molecule has 0 saturated heterocycles. The first-order valence-electron chi connectivity index (χ1n) is 7.61. The van der Waals surface area contributed by atoms with Gasteiger partial charge in [-0.3, -0.25) is 19.9 Å². The first-order chi connectivity index (χ1) is 11.5. The lowest BCUT2D eigenvalue weighted by molar-refractivity contribution is -0.384. The van der Waals surface area contributed by atoms with Gasteiger partial charge in [0.05, 0.1) is 11.0 Å². The van der Waals surface area contributed by atoms with Crippen LogP contribution < -0.4 is 5.73 Å². The maximum Gasteiger partial charge on any atom is 0.311 e. The summed E-state index contributed by atoms with van der Waals surface area (Å²) in [6, 6.07) is 6.13. The van der Waals surface area contributed by atoms with Crippen molar-refractivity contribution in [2.24, 2.45) is 0 Å². The van der Waals surface area contributed by atoms with Crippen LogP contribution in [0.15, 0.2) is 36.7 Å². The predicted molar refractivity (Wildman–Crippen MR) is 89.3 cm³/mol. The second-order valence-electron chi connectivity index (χ2n) is 5.15. The van der Waals surface area contributed by atoms with Gasteiger partial charge in [-0.15, -0.1) is 0 Å². The SMILES string of the molecule is CCC(c1ccncc1)N(CC)C(=O)c1ccc([N+](=O)[O-])c(N)n1. The van der Waals surface area contributed by atoms with Crippen molar-refractivity contribution in [1.29, 1.82) is 0 Å². The molecule has 0 aliphatic carbocycles. The van der Waals surface area contributed by atoms with Crippen molar-refractivity contribution in [3.63, 3.8) is 0 Å². The molecular weight excluding hydrogens is 310 g/mol. The van der Waals surface area contributed by atoms with Crippen molar-refractivity contribution in [1.82, 2.24) is 14.9 Å². The van der Waals surface area contributed by atoms with Crippen LogP contribution in [0.25, 0.3) is 0 Å². The van der Waals surface area contributed by atoms with Crippen LogP contribution in [0.4, 0.5) is 11.5 Å². The van der Waals surface area contributed by atoms with Gasteiger partial charge in [-0.2, -0.15) is 0 Å². The number of nitro groups is 1. The third-order valence-corrected chi connectivity index (χ3v) is 3.77. The third kappa shape index (κ3) is 3.48. The summed E-state index contributed by atoms with van der Waals surface area (Å²) < 4.78 is 0. The Morgan fingerprint density at radius 1 is 1.29 bits per heavy atom. The van der Waals surface area contributed by atoms with Crippen LogP contribution in [0.5, 0.6) is 0 Å². The summed E-state index contributed by atoms with van der Waals surface area (Å²) in [5, 5.41) is 10.8. The predicted octanol–water partition coefficient (Wildman–Crippen LogP) is 2.58. The summed E-state index contributed by atoms with van der Waals surface area (Å²) in [4.78, 5) is 32.6. The molecule has 0 aromatic carbocycles. The van der Waals surface area contributed by atoms with Crippen LogP contribution in [-0.4, -0.2) is 32.2 Å². The maximum atomic E-state index is 12.8. The lowest BCUT2D eigenvalue weighted by atomic mass is 10.0. The molecular formula is C16H19N5O3. The fourth-order valence-electron chi connectivity index (χ4n) is 2.62. The summed E-state index contributed by atoms with van der Waals surface area (Å²) in [6.45, 7) is 4.33. The molecule has 1 unspecified atom stereocenters. The number of nitrogens with zero attached hydrogens (tertiary/aromatic N) is 4. The first kappa shape index (κ1) is 17.3. The van der Waals surface area contributed by atoms with E-state index in [0.29, 0.717) is 13.0 Å². The van der Waals surface area contributed by atoms with E-state index in [1.807, 2.05) is 26.0 Å². The first-order valence-corrected chi connectivity index (χ1v) is 7.61. The molecule has 126 valence electrons. The van der Waals surface area contributed by atoms with Gasteiger partial charge in [0.2, 0.25) is 5.82 Å². The molecule has 1 atom stereocenters. The lowest BCUT2D eigenvalue weighted by Gasteiger charge is -2.30. The standard InChI is InChI=1S/C16H19N5O3/c1-3-13(11-7-9-18-10-8-11)20(4-2)16(22)12-5-6-14(21(23)24)15(17)19-12/h5-10,13H,3-4H2,1-2H3,(H2,17,19). The van der Waals surface area contributed by atoms with E-state index in [0.717, 1.165) is 5.56 Å². The zero-order chi connectivity index (χ0) is 17.7. The number of rotatable bonds is 6. The Hall–Kier alpha value is -3.03. The van der Waals surface area contributed by atoms with E-state index < -0.39 is 4.92 Å². The van der Waals surface area contributed by atoms with Crippen molar-refractivity contribution in [3.05, 3.63) is 58.0 Å². The molecule has 0 radical (unpaired) electrons. The Labute approximate surface area is 139 Å². The van der Waals surface area contributed by atoms with E-state index in [9.17, 15) is 14.9 Å². The molecule has 1 amide bonds. The Morgan fingerprint density at radius 3 is 2.46 bits per heavy atom. The molecule has 0 bridgehead atoms. The molecule has 2 rings (SSSR count). The summed E-state index contributed by atoms with van der Waals surface area (Å²) in [5.74, 6) is -0.582. The third-order valence-electron chi connectivity index (χ3n) is 3.77. The van der Waals surface area contributed by atoms with Gasteiger partial charge < -0.3 is 10.6 Å². The van der Waals surface area contributed by atoms with Gasteiger partial charge in [-0.05, 0) is 37.1 Å². The Kier molecular flexibility index (Phi) is 5.41. The molecule has 2 aromatic rings. The number of carbonyl (C=O) groups excluding carboxylic acids is 1. The molecule has 2 heterocycles. The summed E-state index contributed by atoms with van der Waals surface area (Å²) in [6.07, 6.45) is 4.07. The molecule has 0 saturated carbocycles. The second-order valence-corrected chi connectivity index (χ2v) is 5.15. The van der Waals surface area contributed by atoms with Gasteiger partial charge in [0.1, 0.15) is 5.69 Å². The topological polar surface area (TPSA) is 115 Å². The maximum absolute atomic E-state index is 12.8. The normalized spacial score (nSPS) is 11.8. The van der Waals surface area contributed by atoms with Gasteiger partial charge in [-0.1, -0.05) is 6.92 Å². The van der Waals surface area contributed by atoms with Gasteiger partial charge in [0, 0.05) is 25.0 Å². The zero-order valence-electron chi connectivity index (χ0n) is 13.5. The minimum Gasteiger partial charge on any atom is -0.378 e. The van der Waals surface area contributed by atoms with Crippen LogP contribution >= 0.6 is 0 Å². The van der Waals surface area contributed by atoms with Gasteiger partial charge in [0.25, 0.3) is 5.91 Å². The fourth-order valence-corrected chi connectivity index (χ4v) is 2.62. The van der Waals surface area contributed by atoms with Crippen molar-refractivity contribution in [2.45, 2.75) is 26.3 Å². The van der Waals surface area contributed by atoms with E-state index in [4.69, 9.17) is 5.73 Å². The molecule has 0 spiro atoms. The van der Waals surface area contributed by atoms with E-state index in [2.05, 4.69) is 9.97 Å². The quantitative estimate of drug-likeness (QED) is 0.643. The summed E-state index contributed by atoms with van der Waals surface area (Å²) in [7, 11) is 0. The van der Waals surface area contributed by atoms with Crippen LogP contribution in [0.1, 0.15) is 42.4 Å². The van der Waals surface area contributed by atoms with E-state index in [1.165, 1.54) is 12.1 Å². The van der Waals surface area contributed by atoms with Gasteiger partial charge >= 0.3 is 5.69 Å². The highest BCUT2D eigenvalue weighted by molar-refractivity contribution is 5.93. The second kappa shape index (κ2) is 7.49. The molecule has 2 aromatic heterocycles. The summed E-state index contributed by atoms with van der Waals surface area (Å²) >= 11 is 0. The van der Waals surface area contributed by atoms with E-state index in [1.54, 1.807) is 17.3 Å². The highest BCUT2D eigenvalue weighted by Gasteiger charge is 2.26. The highest BCUT2D eigenvalue weighted by Crippen LogP contribution is 2.26. The van der Waals surface area contributed by atoms with Gasteiger partial charge in [0.15, 0.2) is 0 Å². The van der Waals surface area contributed by atoms with Crippen LogP contribution in [-0.2, 0) is 0 Å². The van der Waals surface area contributed by atoms with Crippen molar-refractivity contribution in [3.8, 4) is 0 Å². The monoisotopic (exact) mass is 329 g/mol. The summed E-state index contributed by atoms with van der Waals surface area (Å²) in [5.41, 5.74) is 6.34. The van der Waals surface area contributed by atoms with Crippen LogP contribution in [0.2, 0.25) is 0 Å². The smallest absolute Gasteiger partial charge is 0.311 e. The molecule has 8 heteroatoms. The molecule has 2 N–H and O–H groups in total. The van der Waals surface area contributed by atoms with Crippen LogP contribution in [0, 0.1) is 10.1 Å².